The minimum atomic E-state index is -0.718. The number of aromatic nitrogens is 4. The van der Waals surface area contributed by atoms with Gasteiger partial charge in [0.25, 0.3) is 0 Å². The molecule has 2 rings (SSSR count). The lowest BCUT2D eigenvalue weighted by Crippen LogP contribution is -2.07. The summed E-state index contributed by atoms with van der Waals surface area (Å²) in [5.74, 6) is 0. The van der Waals surface area contributed by atoms with Gasteiger partial charge in [-0.3, -0.25) is 4.68 Å². The molecule has 0 radical (unpaired) electrons. The SMILES string of the molecule is CCn1ncc(C(O)c2c(I)ncn2C)c1Br. The monoisotopic (exact) mass is 410 g/mol. The number of aryl methyl sites for hydroxylation is 2. The number of aliphatic hydroxyl groups excluding tert-OH is 1. The van der Waals surface area contributed by atoms with E-state index in [0.29, 0.717) is 0 Å². The molecule has 2 aromatic rings. The molecule has 0 aromatic carbocycles. The van der Waals surface area contributed by atoms with Crippen LogP contribution in [0.4, 0.5) is 0 Å². The van der Waals surface area contributed by atoms with Gasteiger partial charge in [0, 0.05) is 19.2 Å². The highest BCUT2D eigenvalue weighted by Gasteiger charge is 2.22. The van der Waals surface area contributed by atoms with Crippen LogP contribution in [0.25, 0.3) is 0 Å². The molecule has 0 aliphatic heterocycles. The number of hydrogen-bond acceptors (Lipinski definition) is 3. The maximum atomic E-state index is 10.4. The fourth-order valence-corrected chi connectivity index (χ4v) is 3.11. The smallest absolute Gasteiger partial charge is 0.126 e. The van der Waals surface area contributed by atoms with Crippen molar-refractivity contribution in [2.75, 3.05) is 0 Å². The number of imidazole rings is 1. The largest absolute Gasteiger partial charge is 0.382 e. The molecular formula is C10H12BrIN4O. The van der Waals surface area contributed by atoms with Crippen molar-refractivity contribution < 1.29 is 5.11 Å². The molecule has 0 spiro atoms. The molecule has 0 amide bonds. The van der Waals surface area contributed by atoms with E-state index in [1.54, 1.807) is 17.2 Å². The second kappa shape index (κ2) is 5.07. The number of aliphatic hydroxyl groups is 1. The van der Waals surface area contributed by atoms with Crippen molar-refractivity contribution in [1.29, 1.82) is 0 Å². The highest BCUT2D eigenvalue weighted by Crippen LogP contribution is 2.30. The summed E-state index contributed by atoms with van der Waals surface area (Å²) in [6, 6.07) is 0. The molecular weight excluding hydrogens is 399 g/mol. The van der Waals surface area contributed by atoms with Crippen LogP contribution < -0.4 is 0 Å². The van der Waals surface area contributed by atoms with E-state index >= 15 is 0 Å². The quantitative estimate of drug-likeness (QED) is 0.788. The molecule has 0 bridgehead atoms. The third kappa shape index (κ3) is 2.27. The molecule has 17 heavy (non-hydrogen) atoms. The lowest BCUT2D eigenvalue weighted by Gasteiger charge is -2.11. The molecule has 92 valence electrons. The topological polar surface area (TPSA) is 55.9 Å². The first kappa shape index (κ1) is 13.0. The van der Waals surface area contributed by atoms with Gasteiger partial charge in [-0.05, 0) is 45.4 Å². The van der Waals surface area contributed by atoms with Gasteiger partial charge >= 0.3 is 0 Å². The summed E-state index contributed by atoms with van der Waals surface area (Å²) in [4.78, 5) is 4.17. The zero-order valence-electron chi connectivity index (χ0n) is 9.43. The Labute approximate surface area is 121 Å². The molecule has 1 atom stereocenters. The second-order valence-electron chi connectivity index (χ2n) is 3.64. The Balaban J connectivity index is 2.44. The highest BCUT2D eigenvalue weighted by atomic mass is 127. The fraction of sp³-hybridized carbons (Fsp3) is 0.400. The molecule has 0 aliphatic rings. The number of halogens is 2. The van der Waals surface area contributed by atoms with Crippen LogP contribution in [0.3, 0.4) is 0 Å². The first-order chi connectivity index (χ1) is 8.06. The molecule has 0 saturated heterocycles. The Kier molecular flexibility index (Phi) is 3.88. The summed E-state index contributed by atoms with van der Waals surface area (Å²) in [5, 5.41) is 14.6. The van der Waals surface area contributed by atoms with E-state index in [9.17, 15) is 5.11 Å². The van der Waals surface area contributed by atoms with Crippen LogP contribution in [0.2, 0.25) is 0 Å². The molecule has 1 N–H and O–H groups in total. The Bertz CT molecular complexity index is 517. The van der Waals surface area contributed by atoms with E-state index in [4.69, 9.17) is 0 Å². The Morgan fingerprint density at radius 2 is 2.29 bits per heavy atom. The van der Waals surface area contributed by atoms with Gasteiger partial charge in [-0.2, -0.15) is 5.10 Å². The lowest BCUT2D eigenvalue weighted by molar-refractivity contribution is 0.209. The van der Waals surface area contributed by atoms with Gasteiger partial charge in [-0.15, -0.1) is 0 Å². The predicted molar refractivity (Wildman–Crippen MR) is 75.6 cm³/mol. The van der Waals surface area contributed by atoms with Gasteiger partial charge in [0.15, 0.2) is 0 Å². The highest BCUT2D eigenvalue weighted by molar-refractivity contribution is 14.1. The molecule has 1 unspecified atom stereocenters. The Hall–Kier alpha value is -0.410. The molecule has 0 aliphatic carbocycles. The van der Waals surface area contributed by atoms with Crippen molar-refractivity contribution in [3.8, 4) is 0 Å². The normalized spacial score (nSPS) is 13.0. The summed E-state index contributed by atoms with van der Waals surface area (Å²) in [6.45, 7) is 2.76. The summed E-state index contributed by atoms with van der Waals surface area (Å²) in [7, 11) is 1.87. The van der Waals surface area contributed by atoms with Crippen molar-refractivity contribution in [3.05, 3.63) is 32.1 Å². The number of rotatable bonds is 3. The summed E-state index contributed by atoms with van der Waals surface area (Å²) >= 11 is 5.57. The minimum absolute atomic E-state index is 0.718. The van der Waals surface area contributed by atoms with E-state index in [2.05, 4.69) is 48.6 Å². The third-order valence-corrected chi connectivity index (χ3v) is 4.29. The maximum Gasteiger partial charge on any atom is 0.126 e. The summed E-state index contributed by atoms with van der Waals surface area (Å²) in [5.41, 5.74) is 1.54. The van der Waals surface area contributed by atoms with E-state index in [0.717, 1.165) is 26.1 Å². The van der Waals surface area contributed by atoms with Crippen molar-refractivity contribution in [1.82, 2.24) is 19.3 Å². The predicted octanol–water partition coefficient (Wildman–Crippen LogP) is 2.09. The van der Waals surface area contributed by atoms with Crippen LogP contribution >= 0.6 is 38.5 Å². The van der Waals surface area contributed by atoms with Crippen molar-refractivity contribution >= 4 is 38.5 Å². The van der Waals surface area contributed by atoms with Gasteiger partial charge in [0.05, 0.1) is 18.2 Å². The Morgan fingerprint density at radius 1 is 1.59 bits per heavy atom. The van der Waals surface area contributed by atoms with Gasteiger partial charge in [-0.1, -0.05) is 0 Å². The van der Waals surface area contributed by atoms with E-state index in [-0.39, 0.29) is 0 Å². The van der Waals surface area contributed by atoms with Crippen LogP contribution in [0.5, 0.6) is 0 Å². The molecule has 0 fully saturated rings. The molecule has 2 heterocycles. The maximum absolute atomic E-state index is 10.4. The fourth-order valence-electron chi connectivity index (χ4n) is 1.65. The van der Waals surface area contributed by atoms with Crippen molar-refractivity contribution in [2.45, 2.75) is 19.6 Å². The molecule has 7 heteroatoms. The second-order valence-corrected chi connectivity index (χ2v) is 5.41. The van der Waals surface area contributed by atoms with Crippen LogP contribution in [0, 0.1) is 3.70 Å². The minimum Gasteiger partial charge on any atom is -0.382 e. The average molecular weight is 411 g/mol. The molecule has 2 aromatic heterocycles. The third-order valence-electron chi connectivity index (χ3n) is 2.59. The molecule has 5 nitrogen and oxygen atoms in total. The zero-order valence-corrected chi connectivity index (χ0v) is 13.2. The zero-order chi connectivity index (χ0) is 12.6. The van der Waals surface area contributed by atoms with Gasteiger partial charge in [-0.25, -0.2) is 4.98 Å². The van der Waals surface area contributed by atoms with E-state index in [1.807, 2.05) is 18.5 Å². The molecule has 0 saturated carbocycles. The average Bonchev–Trinajstić information content (AvgIpc) is 2.82. The van der Waals surface area contributed by atoms with Gasteiger partial charge in [0.2, 0.25) is 0 Å². The van der Waals surface area contributed by atoms with E-state index in [1.165, 1.54) is 0 Å². The first-order valence-corrected chi connectivity index (χ1v) is 6.99. The van der Waals surface area contributed by atoms with Crippen LogP contribution in [0.15, 0.2) is 17.1 Å². The van der Waals surface area contributed by atoms with Gasteiger partial charge < -0.3 is 9.67 Å². The number of hydrogen-bond donors (Lipinski definition) is 1. The lowest BCUT2D eigenvalue weighted by atomic mass is 10.1. The summed E-state index contributed by atoms with van der Waals surface area (Å²) < 4.78 is 5.22. The first-order valence-electron chi connectivity index (χ1n) is 5.12. The van der Waals surface area contributed by atoms with Crippen LogP contribution in [0.1, 0.15) is 24.3 Å². The van der Waals surface area contributed by atoms with Gasteiger partial charge in [0.1, 0.15) is 14.4 Å². The van der Waals surface area contributed by atoms with Crippen LogP contribution in [-0.4, -0.2) is 24.4 Å². The van der Waals surface area contributed by atoms with E-state index < -0.39 is 6.10 Å². The van der Waals surface area contributed by atoms with Crippen molar-refractivity contribution in [2.24, 2.45) is 7.05 Å². The van der Waals surface area contributed by atoms with Crippen molar-refractivity contribution in [3.63, 3.8) is 0 Å². The van der Waals surface area contributed by atoms with Crippen LogP contribution in [-0.2, 0) is 13.6 Å². The Morgan fingerprint density at radius 3 is 2.76 bits per heavy atom. The number of nitrogens with zero attached hydrogens (tertiary/aromatic N) is 4. The standard InChI is InChI=1S/C10H12BrIN4O/c1-3-16-9(11)6(4-14-16)8(17)7-10(12)13-5-15(7)2/h4-5,8,17H,3H2,1-2H3. The summed E-state index contributed by atoms with van der Waals surface area (Å²) in [6.07, 6.45) is 2.66.